The van der Waals surface area contributed by atoms with E-state index in [9.17, 15) is 14.0 Å². The van der Waals surface area contributed by atoms with Crippen molar-refractivity contribution in [2.75, 3.05) is 25.0 Å². The van der Waals surface area contributed by atoms with Crippen LogP contribution in [0.3, 0.4) is 0 Å². The molecule has 9 nitrogen and oxygen atoms in total. The molecule has 0 aliphatic carbocycles. The molecule has 2 aliphatic heterocycles. The van der Waals surface area contributed by atoms with Crippen LogP contribution in [0.4, 0.5) is 15.9 Å². The molecule has 1 aromatic carbocycles. The van der Waals surface area contributed by atoms with Gasteiger partial charge < -0.3 is 26.0 Å². The number of amides is 2. The molecule has 4 N–H and O–H groups in total. The first kappa shape index (κ1) is 23.4. The van der Waals surface area contributed by atoms with Gasteiger partial charge in [-0.1, -0.05) is 0 Å². The summed E-state index contributed by atoms with van der Waals surface area (Å²) in [6.45, 7) is 3.90. The summed E-state index contributed by atoms with van der Waals surface area (Å²) in [6, 6.07) is 4.32. The maximum atomic E-state index is 14.0. The number of nitrogens with one attached hydrogen (secondary N) is 4. The van der Waals surface area contributed by atoms with E-state index in [1.807, 2.05) is 6.92 Å². The van der Waals surface area contributed by atoms with Crippen LogP contribution < -0.4 is 26.0 Å². The zero-order chi connectivity index (χ0) is 24.4. The van der Waals surface area contributed by atoms with Gasteiger partial charge in [0.15, 0.2) is 0 Å². The SMILES string of the molecule is Cc1c(C(=O)NC[C@@H]2CCC(=O)N2)sc2ncnc(Nc3ccc(F)cc3OC3CCCNC3)c12. The van der Waals surface area contributed by atoms with E-state index in [4.69, 9.17) is 4.74 Å². The molecular formula is C24H27FN6O3S. The summed E-state index contributed by atoms with van der Waals surface area (Å²) in [4.78, 5) is 34.3. The summed E-state index contributed by atoms with van der Waals surface area (Å²) in [5.74, 6) is 0.343. The van der Waals surface area contributed by atoms with Crippen LogP contribution in [0.5, 0.6) is 5.75 Å². The van der Waals surface area contributed by atoms with Crippen LogP contribution in [-0.4, -0.2) is 53.6 Å². The molecule has 0 spiro atoms. The number of anilines is 2. The summed E-state index contributed by atoms with van der Waals surface area (Å²) in [7, 11) is 0. The lowest BCUT2D eigenvalue weighted by Gasteiger charge is -2.25. The number of hydrogen-bond acceptors (Lipinski definition) is 8. The maximum absolute atomic E-state index is 14.0. The third-order valence-corrected chi connectivity index (χ3v) is 7.47. The number of hydrogen-bond donors (Lipinski definition) is 4. The topological polar surface area (TPSA) is 117 Å². The number of carbonyl (C=O) groups excluding carboxylic acids is 2. The van der Waals surface area contributed by atoms with E-state index in [-0.39, 0.29) is 29.8 Å². The Balaban J connectivity index is 1.38. The molecule has 2 saturated heterocycles. The summed E-state index contributed by atoms with van der Waals surface area (Å²) < 4.78 is 20.2. The van der Waals surface area contributed by atoms with Crippen LogP contribution in [0, 0.1) is 12.7 Å². The van der Waals surface area contributed by atoms with Crippen molar-refractivity contribution in [2.24, 2.45) is 0 Å². The van der Waals surface area contributed by atoms with Gasteiger partial charge in [-0.2, -0.15) is 0 Å². The molecule has 0 radical (unpaired) electrons. The lowest BCUT2D eigenvalue weighted by Crippen LogP contribution is -2.38. The molecule has 5 rings (SSSR count). The molecular weight excluding hydrogens is 471 g/mol. The van der Waals surface area contributed by atoms with Crippen LogP contribution in [0.25, 0.3) is 10.2 Å². The Hall–Kier alpha value is -3.31. The predicted octanol–water partition coefficient (Wildman–Crippen LogP) is 3.02. The average Bonchev–Trinajstić information content (AvgIpc) is 3.43. The minimum Gasteiger partial charge on any atom is -0.487 e. The van der Waals surface area contributed by atoms with E-state index < -0.39 is 0 Å². The Morgan fingerprint density at radius 2 is 2.20 bits per heavy atom. The number of benzene rings is 1. The average molecular weight is 499 g/mol. The normalized spacial score (nSPS) is 20.0. The zero-order valence-corrected chi connectivity index (χ0v) is 20.1. The second-order valence-corrected chi connectivity index (χ2v) is 9.82. The first-order valence-corrected chi connectivity index (χ1v) is 12.5. The molecule has 1 unspecified atom stereocenters. The van der Waals surface area contributed by atoms with Gasteiger partial charge in [-0.25, -0.2) is 14.4 Å². The first-order valence-electron chi connectivity index (χ1n) is 11.7. The van der Waals surface area contributed by atoms with Crippen LogP contribution in [0.15, 0.2) is 24.5 Å². The smallest absolute Gasteiger partial charge is 0.261 e. The quantitative estimate of drug-likeness (QED) is 0.396. The number of nitrogens with zero attached hydrogens (tertiary/aromatic N) is 2. The lowest BCUT2D eigenvalue weighted by molar-refractivity contribution is -0.119. The number of rotatable bonds is 7. The number of carbonyl (C=O) groups is 2. The maximum Gasteiger partial charge on any atom is 0.261 e. The molecule has 35 heavy (non-hydrogen) atoms. The fourth-order valence-electron chi connectivity index (χ4n) is 4.43. The van der Waals surface area contributed by atoms with Gasteiger partial charge >= 0.3 is 0 Å². The number of fused-ring (bicyclic) bond motifs is 1. The molecule has 2 aromatic heterocycles. The second-order valence-electron chi connectivity index (χ2n) is 8.82. The number of piperidine rings is 1. The van der Waals surface area contributed by atoms with E-state index in [0.717, 1.165) is 30.3 Å². The number of ether oxygens (including phenoxy) is 1. The van der Waals surface area contributed by atoms with Crippen molar-refractivity contribution in [2.45, 2.75) is 44.8 Å². The molecule has 4 heterocycles. The van der Waals surface area contributed by atoms with Crippen molar-refractivity contribution in [1.29, 1.82) is 0 Å². The van der Waals surface area contributed by atoms with Gasteiger partial charge in [0, 0.05) is 31.6 Å². The minimum absolute atomic E-state index is 0.0113. The Morgan fingerprint density at radius 3 is 2.97 bits per heavy atom. The monoisotopic (exact) mass is 498 g/mol. The molecule has 11 heteroatoms. The van der Waals surface area contributed by atoms with Crippen LogP contribution >= 0.6 is 11.3 Å². The van der Waals surface area contributed by atoms with E-state index in [1.165, 1.54) is 29.8 Å². The molecule has 2 fully saturated rings. The van der Waals surface area contributed by atoms with E-state index in [2.05, 4.69) is 31.2 Å². The largest absolute Gasteiger partial charge is 0.487 e. The van der Waals surface area contributed by atoms with Gasteiger partial charge in [-0.15, -0.1) is 11.3 Å². The number of thiophene rings is 1. The molecule has 2 aliphatic rings. The Labute approximate surface area is 205 Å². The number of aromatic nitrogens is 2. The summed E-state index contributed by atoms with van der Waals surface area (Å²) in [6.07, 6.45) is 4.49. The highest BCUT2D eigenvalue weighted by Gasteiger charge is 2.24. The first-order chi connectivity index (χ1) is 17.0. The highest BCUT2D eigenvalue weighted by Crippen LogP contribution is 2.37. The lowest BCUT2D eigenvalue weighted by atomic mass is 10.1. The van der Waals surface area contributed by atoms with Gasteiger partial charge in [0.05, 0.1) is 16.0 Å². The molecule has 2 atom stereocenters. The van der Waals surface area contributed by atoms with Crippen molar-refractivity contribution < 1.29 is 18.7 Å². The fourth-order valence-corrected chi connectivity index (χ4v) is 5.50. The van der Waals surface area contributed by atoms with Crippen molar-refractivity contribution in [3.05, 3.63) is 40.8 Å². The highest BCUT2D eigenvalue weighted by molar-refractivity contribution is 7.20. The van der Waals surface area contributed by atoms with Crippen molar-refractivity contribution >= 4 is 44.9 Å². The van der Waals surface area contributed by atoms with Gasteiger partial charge in [0.1, 0.15) is 34.6 Å². The fraction of sp³-hybridized carbons (Fsp3) is 0.417. The van der Waals surface area contributed by atoms with Gasteiger partial charge in [0.2, 0.25) is 5.91 Å². The standard InChI is InChI=1S/C24H27FN6O3S/c1-13-20-22(31-17-6-4-14(25)9-18(17)34-16-3-2-8-26-11-16)28-12-29-24(20)35-21(13)23(33)27-10-15-5-7-19(32)30-15/h4,6,9,12,15-16,26H,2-3,5,7-8,10-11H2,1H3,(H,27,33)(H,30,32)(H,28,29,31)/t15-,16?/m0/s1. The van der Waals surface area contributed by atoms with Crippen molar-refractivity contribution in [3.63, 3.8) is 0 Å². The molecule has 0 bridgehead atoms. The van der Waals surface area contributed by atoms with Crippen LogP contribution in [0.2, 0.25) is 0 Å². The summed E-state index contributed by atoms with van der Waals surface area (Å²) >= 11 is 1.28. The van der Waals surface area contributed by atoms with Crippen molar-refractivity contribution in [1.82, 2.24) is 25.9 Å². The Morgan fingerprint density at radius 1 is 1.31 bits per heavy atom. The Bertz CT molecular complexity index is 1260. The summed E-state index contributed by atoms with van der Waals surface area (Å²) in [5, 5.41) is 13.1. The van der Waals surface area contributed by atoms with Gasteiger partial charge in [-0.05, 0) is 50.4 Å². The van der Waals surface area contributed by atoms with Crippen LogP contribution in [-0.2, 0) is 4.79 Å². The minimum atomic E-state index is -0.383. The number of aryl methyl sites for hydroxylation is 1. The Kier molecular flexibility index (Phi) is 6.78. The molecule has 3 aromatic rings. The summed E-state index contributed by atoms with van der Waals surface area (Å²) in [5.41, 5.74) is 1.34. The van der Waals surface area contributed by atoms with E-state index >= 15 is 0 Å². The predicted molar refractivity (Wildman–Crippen MR) is 132 cm³/mol. The third-order valence-electron chi connectivity index (χ3n) is 6.27. The second kappa shape index (κ2) is 10.1. The number of halogens is 1. The van der Waals surface area contributed by atoms with Gasteiger partial charge in [-0.3, -0.25) is 9.59 Å². The zero-order valence-electron chi connectivity index (χ0n) is 19.3. The molecule has 2 amide bonds. The third kappa shape index (κ3) is 5.20. The van der Waals surface area contributed by atoms with Gasteiger partial charge in [0.25, 0.3) is 5.91 Å². The van der Waals surface area contributed by atoms with E-state index in [1.54, 1.807) is 6.07 Å². The molecule has 0 saturated carbocycles. The van der Waals surface area contributed by atoms with E-state index in [0.29, 0.717) is 52.9 Å². The van der Waals surface area contributed by atoms with Crippen LogP contribution in [0.1, 0.15) is 40.9 Å². The molecule has 184 valence electrons. The highest BCUT2D eigenvalue weighted by atomic mass is 32.1. The van der Waals surface area contributed by atoms with Crippen molar-refractivity contribution in [3.8, 4) is 5.75 Å².